The summed E-state index contributed by atoms with van der Waals surface area (Å²) < 4.78 is 7.32. The van der Waals surface area contributed by atoms with Crippen LogP contribution in [0.2, 0.25) is 0 Å². The highest BCUT2D eigenvalue weighted by Crippen LogP contribution is 2.43. The number of fused-ring (bicyclic) bond motifs is 15. The number of rotatable bonds is 3. The molecule has 0 bridgehead atoms. The molecule has 4 heteroatoms. The summed E-state index contributed by atoms with van der Waals surface area (Å²) in [5.74, 6) is 0. The van der Waals surface area contributed by atoms with Gasteiger partial charge in [-0.3, -0.25) is 4.98 Å². The molecule has 0 spiro atoms. The van der Waals surface area contributed by atoms with Crippen LogP contribution in [0.4, 0.5) is 0 Å². The molecule has 57 heavy (non-hydrogen) atoms. The van der Waals surface area contributed by atoms with Gasteiger partial charge in [0.1, 0.15) is 0 Å². The number of benzene rings is 9. The average molecular weight is 742 g/mol. The van der Waals surface area contributed by atoms with E-state index in [0.717, 1.165) is 22.6 Å². The topological polar surface area (TPSA) is 22.8 Å². The Bertz CT molecular complexity index is 3740. The zero-order valence-corrected chi connectivity index (χ0v) is 31.5. The molecular formula is C53H31N3S. The van der Waals surface area contributed by atoms with Gasteiger partial charge >= 0.3 is 0 Å². The fraction of sp³-hybridized carbons (Fsp3) is 0. The van der Waals surface area contributed by atoms with Crippen LogP contribution in [0.25, 0.3) is 119 Å². The van der Waals surface area contributed by atoms with Gasteiger partial charge in [0.05, 0.1) is 32.5 Å². The van der Waals surface area contributed by atoms with Crippen molar-refractivity contribution in [3.8, 4) is 22.6 Å². The molecule has 13 aromatic rings. The van der Waals surface area contributed by atoms with Gasteiger partial charge in [-0.25, -0.2) is 0 Å². The second kappa shape index (κ2) is 11.6. The quantitative estimate of drug-likeness (QED) is 0.165. The molecule has 0 aliphatic rings. The summed E-state index contributed by atoms with van der Waals surface area (Å²) in [6.45, 7) is 0. The third-order valence-electron chi connectivity index (χ3n) is 12.1. The number of pyridine rings is 1. The van der Waals surface area contributed by atoms with E-state index in [1.54, 1.807) is 0 Å². The minimum Gasteiger partial charge on any atom is -0.309 e. The Hall–Kier alpha value is -7.27. The van der Waals surface area contributed by atoms with Crippen LogP contribution in [0.3, 0.4) is 0 Å². The van der Waals surface area contributed by atoms with Gasteiger partial charge in [-0.1, -0.05) is 115 Å². The Labute approximate surface area is 330 Å². The summed E-state index contributed by atoms with van der Waals surface area (Å²) in [5.41, 5.74) is 9.32. The zero-order chi connectivity index (χ0) is 37.2. The molecule has 0 fully saturated rings. The lowest BCUT2D eigenvalue weighted by Crippen LogP contribution is -1.95. The van der Waals surface area contributed by atoms with Gasteiger partial charge in [-0.2, -0.15) is 0 Å². The van der Waals surface area contributed by atoms with Crippen molar-refractivity contribution >= 4 is 107 Å². The minimum atomic E-state index is 1.03. The summed E-state index contributed by atoms with van der Waals surface area (Å²) in [6.07, 6.45) is 1.98. The highest BCUT2D eigenvalue weighted by atomic mass is 32.1. The van der Waals surface area contributed by atoms with E-state index in [4.69, 9.17) is 4.98 Å². The summed E-state index contributed by atoms with van der Waals surface area (Å²) in [5, 5.41) is 15.2. The van der Waals surface area contributed by atoms with Gasteiger partial charge in [0.2, 0.25) is 0 Å². The molecule has 4 aromatic heterocycles. The second-order valence-electron chi connectivity index (χ2n) is 15.1. The Morgan fingerprint density at radius 2 is 0.807 bits per heavy atom. The first kappa shape index (κ1) is 31.0. The molecule has 0 saturated carbocycles. The third kappa shape index (κ3) is 4.33. The van der Waals surface area contributed by atoms with Crippen LogP contribution in [0.1, 0.15) is 0 Å². The monoisotopic (exact) mass is 741 g/mol. The lowest BCUT2D eigenvalue weighted by molar-refractivity contribution is 1.17. The van der Waals surface area contributed by atoms with Gasteiger partial charge in [-0.15, -0.1) is 11.3 Å². The number of para-hydroxylation sites is 3. The van der Waals surface area contributed by atoms with Crippen LogP contribution in [0.5, 0.6) is 0 Å². The number of thiophene rings is 1. The maximum Gasteiger partial charge on any atom is 0.0880 e. The normalized spacial score (nSPS) is 12.2. The average Bonchev–Trinajstić information content (AvgIpc) is 3.93. The van der Waals surface area contributed by atoms with Gasteiger partial charge in [0, 0.05) is 60.2 Å². The molecule has 0 amide bonds. The number of aromatic nitrogens is 3. The van der Waals surface area contributed by atoms with Crippen LogP contribution >= 0.6 is 11.3 Å². The largest absolute Gasteiger partial charge is 0.309 e. The molecule has 9 aromatic carbocycles. The maximum atomic E-state index is 5.05. The first-order valence-electron chi connectivity index (χ1n) is 19.5. The molecule has 4 heterocycles. The second-order valence-corrected chi connectivity index (χ2v) is 16.1. The Kier molecular flexibility index (Phi) is 6.32. The highest BCUT2D eigenvalue weighted by Gasteiger charge is 2.19. The summed E-state index contributed by atoms with van der Waals surface area (Å²) >= 11 is 1.84. The SMILES string of the molecule is c1ccc2c(c1)c1ccccc1c1cc(-c3nccc4c3sc3ccc(-n5c6ccccc6c6cc(-n7c8ccccc8c8ccccc87)ccc65)cc34)ccc21. The first-order valence-corrected chi connectivity index (χ1v) is 20.3. The number of nitrogens with zero attached hydrogens (tertiary/aromatic N) is 3. The molecule has 0 N–H and O–H groups in total. The van der Waals surface area contributed by atoms with Gasteiger partial charge in [0.25, 0.3) is 0 Å². The van der Waals surface area contributed by atoms with Crippen LogP contribution in [0, 0.1) is 0 Å². The molecule has 0 saturated heterocycles. The van der Waals surface area contributed by atoms with Crippen molar-refractivity contribution in [2.24, 2.45) is 0 Å². The van der Waals surface area contributed by atoms with Crippen LogP contribution in [-0.4, -0.2) is 14.1 Å². The molecular weight excluding hydrogens is 711 g/mol. The van der Waals surface area contributed by atoms with Crippen molar-refractivity contribution in [2.45, 2.75) is 0 Å². The number of hydrogen-bond acceptors (Lipinski definition) is 2. The van der Waals surface area contributed by atoms with Crippen molar-refractivity contribution in [3.63, 3.8) is 0 Å². The standard InChI is InChI=1S/C53H31N3S/c1-2-13-37-35(11-1)36-12-3-4-14-38(36)44-29-32(21-24-39(37)44)52-53-43(27-28-54-52)46-31-34(23-26-51(46)57-53)56-49-20-10-7-17-42(49)45-30-33(22-25-50(45)56)55-47-18-8-5-15-40(47)41-16-6-9-19-48(41)55/h1-31H. The summed E-state index contributed by atoms with van der Waals surface area (Å²) in [6, 6.07) is 66.8. The van der Waals surface area contributed by atoms with Gasteiger partial charge in [-0.05, 0) is 99.0 Å². The zero-order valence-electron chi connectivity index (χ0n) is 30.6. The van der Waals surface area contributed by atoms with Crippen LogP contribution in [-0.2, 0) is 0 Å². The molecule has 0 atom stereocenters. The van der Waals surface area contributed by atoms with Gasteiger partial charge < -0.3 is 9.13 Å². The van der Waals surface area contributed by atoms with Crippen molar-refractivity contribution in [1.82, 2.24) is 14.1 Å². The summed E-state index contributed by atoms with van der Waals surface area (Å²) in [7, 11) is 0. The van der Waals surface area contributed by atoms with Crippen LogP contribution < -0.4 is 0 Å². The van der Waals surface area contributed by atoms with Gasteiger partial charge in [0.15, 0.2) is 0 Å². The van der Waals surface area contributed by atoms with E-state index in [1.807, 2.05) is 17.5 Å². The maximum absolute atomic E-state index is 5.05. The van der Waals surface area contributed by atoms with E-state index in [0.29, 0.717) is 0 Å². The third-order valence-corrected chi connectivity index (χ3v) is 13.3. The van der Waals surface area contributed by atoms with Crippen molar-refractivity contribution in [1.29, 1.82) is 0 Å². The van der Waals surface area contributed by atoms with E-state index >= 15 is 0 Å². The molecule has 0 aliphatic carbocycles. The Balaban J connectivity index is 0.992. The lowest BCUT2D eigenvalue weighted by Gasteiger charge is -2.12. The Morgan fingerprint density at radius 1 is 0.333 bits per heavy atom. The predicted octanol–water partition coefficient (Wildman–Crippen LogP) is 14.8. The van der Waals surface area contributed by atoms with Crippen LogP contribution in [0.15, 0.2) is 188 Å². The summed E-state index contributed by atoms with van der Waals surface area (Å²) in [4.78, 5) is 5.05. The fourth-order valence-corrected chi connectivity index (χ4v) is 10.9. The van der Waals surface area contributed by atoms with Crippen molar-refractivity contribution in [3.05, 3.63) is 188 Å². The molecule has 0 radical (unpaired) electrons. The van der Waals surface area contributed by atoms with E-state index in [1.165, 1.54) is 96.1 Å². The Morgan fingerprint density at radius 3 is 1.42 bits per heavy atom. The molecule has 3 nitrogen and oxygen atoms in total. The molecule has 13 rings (SSSR count). The van der Waals surface area contributed by atoms with Crippen molar-refractivity contribution in [2.75, 3.05) is 0 Å². The molecule has 264 valence electrons. The van der Waals surface area contributed by atoms with E-state index in [-0.39, 0.29) is 0 Å². The highest BCUT2D eigenvalue weighted by molar-refractivity contribution is 7.26. The molecule has 0 unspecified atom stereocenters. The number of hydrogen-bond donors (Lipinski definition) is 0. The first-order chi connectivity index (χ1) is 28.3. The van der Waals surface area contributed by atoms with E-state index < -0.39 is 0 Å². The van der Waals surface area contributed by atoms with Crippen molar-refractivity contribution < 1.29 is 0 Å². The minimum absolute atomic E-state index is 1.03. The van der Waals surface area contributed by atoms with E-state index in [2.05, 4.69) is 191 Å². The smallest absolute Gasteiger partial charge is 0.0880 e. The van der Waals surface area contributed by atoms with E-state index in [9.17, 15) is 0 Å². The fourth-order valence-electron chi connectivity index (χ4n) is 9.67. The lowest BCUT2D eigenvalue weighted by atomic mass is 9.93. The predicted molar refractivity (Wildman–Crippen MR) is 244 cm³/mol. The molecule has 0 aliphatic heterocycles.